The summed E-state index contributed by atoms with van der Waals surface area (Å²) in [6, 6.07) is 0. The summed E-state index contributed by atoms with van der Waals surface area (Å²) in [5.41, 5.74) is 0. The molecule has 96 valence electrons. The standard InChI is InChI=1S/C12H22Br2O2/c13-10-11(14)8-6-4-2-1-3-5-7-9-12(15)16/h11H,1-10H2,(H,15,16). The number of alkyl halides is 2. The Balaban J connectivity index is 3.01. The summed E-state index contributed by atoms with van der Waals surface area (Å²) in [4.78, 5) is 10.9. The molecule has 0 aliphatic rings. The first kappa shape index (κ1) is 16.4. The molecule has 0 heterocycles. The van der Waals surface area contributed by atoms with Crippen LogP contribution in [0.4, 0.5) is 0 Å². The molecule has 0 rings (SSSR count). The van der Waals surface area contributed by atoms with Crippen molar-refractivity contribution in [2.75, 3.05) is 5.33 Å². The summed E-state index contributed by atoms with van der Waals surface area (Å²) in [5.74, 6) is -0.668. The maximum Gasteiger partial charge on any atom is 0.303 e. The van der Waals surface area contributed by atoms with Crippen LogP contribution in [0, 0.1) is 0 Å². The van der Waals surface area contributed by atoms with Crippen LogP contribution in [-0.2, 0) is 4.79 Å². The van der Waals surface area contributed by atoms with Crippen LogP contribution in [0.1, 0.15) is 57.8 Å². The second-order valence-corrected chi connectivity index (χ2v) is 6.10. The molecule has 1 N–H and O–H groups in total. The van der Waals surface area contributed by atoms with E-state index in [-0.39, 0.29) is 0 Å². The Morgan fingerprint density at radius 1 is 1.00 bits per heavy atom. The lowest BCUT2D eigenvalue weighted by molar-refractivity contribution is -0.137. The number of unbranched alkanes of at least 4 members (excludes halogenated alkanes) is 6. The van der Waals surface area contributed by atoms with Crippen LogP contribution in [-0.4, -0.2) is 21.2 Å². The molecule has 0 saturated carbocycles. The Bertz CT molecular complexity index is 174. The minimum Gasteiger partial charge on any atom is -0.481 e. The lowest BCUT2D eigenvalue weighted by atomic mass is 10.1. The Kier molecular flexibility index (Phi) is 12.2. The van der Waals surface area contributed by atoms with Gasteiger partial charge in [-0.2, -0.15) is 0 Å². The number of hydrogen-bond donors (Lipinski definition) is 1. The third-order valence-electron chi connectivity index (χ3n) is 2.58. The van der Waals surface area contributed by atoms with Gasteiger partial charge in [-0.3, -0.25) is 4.79 Å². The van der Waals surface area contributed by atoms with Crippen LogP contribution in [0.5, 0.6) is 0 Å². The number of hydrogen-bond acceptors (Lipinski definition) is 1. The fourth-order valence-corrected chi connectivity index (χ4v) is 2.25. The van der Waals surface area contributed by atoms with Crippen molar-refractivity contribution in [3.63, 3.8) is 0 Å². The summed E-state index contributed by atoms with van der Waals surface area (Å²) in [7, 11) is 0. The van der Waals surface area contributed by atoms with Gasteiger partial charge in [-0.1, -0.05) is 70.4 Å². The van der Waals surface area contributed by atoms with Crippen LogP contribution in [0.25, 0.3) is 0 Å². The number of halogens is 2. The number of aliphatic carboxylic acids is 1. The van der Waals surface area contributed by atoms with E-state index in [4.69, 9.17) is 5.11 Å². The van der Waals surface area contributed by atoms with Crippen LogP contribution in [0.2, 0.25) is 0 Å². The molecule has 1 unspecified atom stereocenters. The highest BCUT2D eigenvalue weighted by atomic mass is 79.9. The maximum absolute atomic E-state index is 10.3. The lowest BCUT2D eigenvalue weighted by Crippen LogP contribution is -1.98. The van der Waals surface area contributed by atoms with Crippen molar-refractivity contribution in [2.24, 2.45) is 0 Å². The minimum atomic E-state index is -0.668. The normalized spacial score (nSPS) is 12.6. The molecule has 0 aromatic heterocycles. The molecule has 0 aromatic rings. The molecule has 0 radical (unpaired) electrons. The zero-order valence-corrected chi connectivity index (χ0v) is 12.9. The summed E-state index contributed by atoms with van der Waals surface area (Å²) >= 11 is 7.03. The van der Waals surface area contributed by atoms with E-state index < -0.39 is 5.97 Å². The number of carboxylic acid groups (broad SMARTS) is 1. The van der Waals surface area contributed by atoms with Crippen LogP contribution < -0.4 is 0 Å². The van der Waals surface area contributed by atoms with Gasteiger partial charge in [0.2, 0.25) is 0 Å². The van der Waals surface area contributed by atoms with Crippen molar-refractivity contribution < 1.29 is 9.90 Å². The van der Waals surface area contributed by atoms with Crippen molar-refractivity contribution in [1.29, 1.82) is 0 Å². The third kappa shape index (κ3) is 12.5. The first-order valence-electron chi connectivity index (χ1n) is 6.08. The quantitative estimate of drug-likeness (QED) is 0.428. The first-order chi connectivity index (χ1) is 7.66. The van der Waals surface area contributed by atoms with Gasteiger partial charge in [0.1, 0.15) is 0 Å². The van der Waals surface area contributed by atoms with Crippen molar-refractivity contribution in [2.45, 2.75) is 62.6 Å². The fraction of sp³-hybridized carbons (Fsp3) is 0.917. The molecule has 1 atom stereocenters. The summed E-state index contributed by atoms with van der Waals surface area (Å²) in [6.07, 6.45) is 9.78. The second-order valence-electron chi connectivity index (χ2n) is 4.16. The van der Waals surface area contributed by atoms with E-state index in [1.54, 1.807) is 0 Å². The van der Waals surface area contributed by atoms with E-state index in [1.807, 2.05) is 0 Å². The van der Waals surface area contributed by atoms with E-state index in [0.29, 0.717) is 11.2 Å². The Morgan fingerprint density at radius 2 is 1.50 bits per heavy atom. The molecule has 16 heavy (non-hydrogen) atoms. The van der Waals surface area contributed by atoms with Gasteiger partial charge in [0.25, 0.3) is 0 Å². The highest BCUT2D eigenvalue weighted by molar-refractivity contribution is 9.12. The van der Waals surface area contributed by atoms with Crippen LogP contribution >= 0.6 is 31.9 Å². The van der Waals surface area contributed by atoms with E-state index >= 15 is 0 Å². The smallest absolute Gasteiger partial charge is 0.303 e. The predicted molar refractivity (Wildman–Crippen MR) is 75.7 cm³/mol. The molecule has 0 aliphatic heterocycles. The van der Waals surface area contributed by atoms with E-state index in [0.717, 1.165) is 18.2 Å². The molecule has 4 heteroatoms. The minimum absolute atomic E-state index is 0.330. The van der Waals surface area contributed by atoms with Gasteiger partial charge in [-0.05, 0) is 12.8 Å². The summed E-state index contributed by atoms with van der Waals surface area (Å²) in [5, 5.41) is 9.48. The molecule has 0 bridgehead atoms. The van der Waals surface area contributed by atoms with E-state index in [2.05, 4.69) is 31.9 Å². The lowest BCUT2D eigenvalue weighted by Gasteiger charge is -2.05. The van der Waals surface area contributed by atoms with Gasteiger partial charge in [-0.15, -0.1) is 0 Å². The zero-order chi connectivity index (χ0) is 12.2. The Morgan fingerprint density at radius 3 is 2.00 bits per heavy atom. The molecule has 0 aromatic carbocycles. The molecule has 0 fully saturated rings. The van der Waals surface area contributed by atoms with Crippen molar-refractivity contribution in [3.05, 3.63) is 0 Å². The van der Waals surface area contributed by atoms with Crippen molar-refractivity contribution >= 4 is 37.8 Å². The van der Waals surface area contributed by atoms with Gasteiger partial charge in [0.05, 0.1) is 0 Å². The molecule has 0 saturated heterocycles. The Labute approximate surface area is 115 Å². The highest BCUT2D eigenvalue weighted by Gasteiger charge is 2.00. The average molecular weight is 358 g/mol. The SMILES string of the molecule is O=C(O)CCCCCCCCCC(Br)CBr. The fourth-order valence-electron chi connectivity index (χ4n) is 1.60. The summed E-state index contributed by atoms with van der Waals surface area (Å²) < 4.78 is 0. The highest BCUT2D eigenvalue weighted by Crippen LogP contribution is 2.15. The van der Waals surface area contributed by atoms with Gasteiger partial charge < -0.3 is 5.11 Å². The van der Waals surface area contributed by atoms with Gasteiger partial charge in [0, 0.05) is 16.6 Å². The molecule has 0 aliphatic carbocycles. The molecule has 0 spiro atoms. The van der Waals surface area contributed by atoms with E-state index in [1.165, 1.54) is 38.5 Å². The van der Waals surface area contributed by atoms with Gasteiger partial charge in [0.15, 0.2) is 0 Å². The maximum atomic E-state index is 10.3. The molecular formula is C12H22Br2O2. The second kappa shape index (κ2) is 11.9. The predicted octanol–water partition coefficient (Wildman–Crippen LogP) is 4.74. The monoisotopic (exact) mass is 356 g/mol. The molecule has 2 nitrogen and oxygen atoms in total. The van der Waals surface area contributed by atoms with E-state index in [9.17, 15) is 4.79 Å². The number of carboxylic acids is 1. The Hall–Kier alpha value is 0.430. The van der Waals surface area contributed by atoms with Crippen molar-refractivity contribution in [1.82, 2.24) is 0 Å². The van der Waals surface area contributed by atoms with Gasteiger partial charge in [-0.25, -0.2) is 0 Å². The van der Waals surface area contributed by atoms with Crippen LogP contribution in [0.3, 0.4) is 0 Å². The number of carbonyl (C=O) groups is 1. The summed E-state index contributed by atoms with van der Waals surface area (Å²) in [6.45, 7) is 0. The van der Waals surface area contributed by atoms with Crippen molar-refractivity contribution in [3.8, 4) is 0 Å². The molecular weight excluding hydrogens is 336 g/mol. The average Bonchev–Trinajstić information content (AvgIpc) is 2.26. The van der Waals surface area contributed by atoms with Gasteiger partial charge >= 0.3 is 5.97 Å². The number of rotatable bonds is 11. The largest absolute Gasteiger partial charge is 0.481 e. The van der Waals surface area contributed by atoms with Crippen LogP contribution in [0.15, 0.2) is 0 Å². The zero-order valence-electron chi connectivity index (χ0n) is 9.76. The topological polar surface area (TPSA) is 37.3 Å². The third-order valence-corrected chi connectivity index (χ3v) is 5.01. The first-order valence-corrected chi connectivity index (χ1v) is 8.12. The molecule has 0 amide bonds.